The lowest BCUT2D eigenvalue weighted by Gasteiger charge is -2.08. The maximum absolute atomic E-state index is 12.5. The van der Waals surface area contributed by atoms with Gasteiger partial charge in [0, 0.05) is 14.8 Å². The van der Waals surface area contributed by atoms with E-state index in [1.54, 1.807) is 13.0 Å². The summed E-state index contributed by atoms with van der Waals surface area (Å²) in [5, 5.41) is 8.49. The SMILES string of the molecule is Cc1cc(I)c(CC#N)c(C(F)F)n1. The Morgan fingerprint density at radius 1 is 1.64 bits per heavy atom. The van der Waals surface area contributed by atoms with E-state index in [2.05, 4.69) is 4.98 Å². The summed E-state index contributed by atoms with van der Waals surface area (Å²) >= 11 is 1.94. The van der Waals surface area contributed by atoms with Gasteiger partial charge in [-0.1, -0.05) is 0 Å². The summed E-state index contributed by atoms with van der Waals surface area (Å²) in [6, 6.07) is 3.55. The molecule has 0 spiro atoms. The van der Waals surface area contributed by atoms with Gasteiger partial charge in [-0.05, 0) is 35.6 Å². The normalized spacial score (nSPS) is 10.3. The summed E-state index contributed by atoms with van der Waals surface area (Å²) < 4.78 is 25.7. The van der Waals surface area contributed by atoms with E-state index >= 15 is 0 Å². The van der Waals surface area contributed by atoms with Crippen LogP contribution in [-0.2, 0) is 6.42 Å². The topological polar surface area (TPSA) is 36.7 Å². The third-order valence-corrected chi connectivity index (χ3v) is 2.65. The number of nitrogens with zero attached hydrogens (tertiary/aromatic N) is 2. The van der Waals surface area contributed by atoms with Gasteiger partial charge < -0.3 is 0 Å². The zero-order chi connectivity index (χ0) is 10.7. The molecule has 74 valence electrons. The molecule has 0 fully saturated rings. The molecule has 0 amide bonds. The molecule has 14 heavy (non-hydrogen) atoms. The number of hydrogen-bond donors (Lipinski definition) is 0. The number of halogens is 3. The van der Waals surface area contributed by atoms with Crippen LogP contribution in [-0.4, -0.2) is 4.98 Å². The molecule has 0 N–H and O–H groups in total. The van der Waals surface area contributed by atoms with Crippen LogP contribution in [0.5, 0.6) is 0 Å². The third kappa shape index (κ3) is 2.38. The molecule has 0 bridgehead atoms. The van der Waals surface area contributed by atoms with E-state index in [9.17, 15) is 8.78 Å². The lowest BCUT2D eigenvalue weighted by atomic mass is 10.1. The van der Waals surface area contributed by atoms with Crippen molar-refractivity contribution in [1.82, 2.24) is 4.98 Å². The number of pyridine rings is 1. The summed E-state index contributed by atoms with van der Waals surface area (Å²) in [4.78, 5) is 3.75. The van der Waals surface area contributed by atoms with E-state index in [-0.39, 0.29) is 12.1 Å². The van der Waals surface area contributed by atoms with Gasteiger partial charge in [0.05, 0.1) is 12.5 Å². The first-order chi connectivity index (χ1) is 6.56. The number of nitriles is 1. The average Bonchev–Trinajstić information content (AvgIpc) is 2.09. The zero-order valence-electron chi connectivity index (χ0n) is 7.39. The number of aromatic nitrogens is 1. The van der Waals surface area contributed by atoms with Crippen molar-refractivity contribution in [2.24, 2.45) is 0 Å². The maximum atomic E-state index is 12.5. The van der Waals surface area contributed by atoms with Crippen molar-refractivity contribution in [2.45, 2.75) is 19.8 Å². The summed E-state index contributed by atoms with van der Waals surface area (Å²) in [7, 11) is 0. The minimum Gasteiger partial charge on any atom is -0.252 e. The molecular weight excluding hydrogens is 301 g/mol. The molecule has 1 aromatic heterocycles. The van der Waals surface area contributed by atoms with Crippen LogP contribution >= 0.6 is 22.6 Å². The van der Waals surface area contributed by atoms with Crippen molar-refractivity contribution >= 4 is 22.6 Å². The molecule has 5 heteroatoms. The Labute approximate surface area is 94.1 Å². The van der Waals surface area contributed by atoms with Crippen LogP contribution < -0.4 is 0 Å². The van der Waals surface area contributed by atoms with E-state index in [4.69, 9.17) is 5.26 Å². The van der Waals surface area contributed by atoms with Crippen LogP contribution in [0.2, 0.25) is 0 Å². The number of aryl methyl sites for hydroxylation is 1. The smallest absolute Gasteiger partial charge is 0.252 e. The molecule has 1 heterocycles. The van der Waals surface area contributed by atoms with Crippen molar-refractivity contribution in [3.63, 3.8) is 0 Å². The fourth-order valence-electron chi connectivity index (χ4n) is 1.12. The standard InChI is InChI=1S/C9H7F2IN2/c1-5-4-7(12)6(2-3-13)8(14-5)9(10)11/h4,9H,2H2,1H3. The molecule has 0 radical (unpaired) electrons. The lowest BCUT2D eigenvalue weighted by molar-refractivity contribution is 0.144. The van der Waals surface area contributed by atoms with E-state index in [0.717, 1.165) is 0 Å². The molecule has 0 atom stereocenters. The predicted molar refractivity (Wildman–Crippen MR) is 56.0 cm³/mol. The highest BCUT2D eigenvalue weighted by Crippen LogP contribution is 2.25. The monoisotopic (exact) mass is 308 g/mol. The van der Waals surface area contributed by atoms with Gasteiger partial charge >= 0.3 is 0 Å². The lowest BCUT2D eigenvalue weighted by Crippen LogP contribution is -2.02. The second-order valence-corrected chi connectivity index (χ2v) is 3.91. The number of alkyl halides is 2. The highest BCUT2D eigenvalue weighted by Gasteiger charge is 2.17. The molecule has 0 aliphatic rings. The highest BCUT2D eigenvalue weighted by atomic mass is 127. The number of rotatable bonds is 2. The van der Waals surface area contributed by atoms with Gasteiger partial charge in [-0.2, -0.15) is 5.26 Å². The first kappa shape index (κ1) is 11.3. The van der Waals surface area contributed by atoms with Crippen molar-refractivity contribution in [1.29, 1.82) is 5.26 Å². The van der Waals surface area contributed by atoms with E-state index in [1.165, 1.54) is 0 Å². The van der Waals surface area contributed by atoms with Crippen LogP contribution in [0.25, 0.3) is 0 Å². The molecule has 0 saturated heterocycles. The second-order valence-electron chi connectivity index (χ2n) is 2.74. The highest BCUT2D eigenvalue weighted by molar-refractivity contribution is 14.1. The predicted octanol–water partition coefficient (Wildman–Crippen LogP) is 3.00. The third-order valence-electron chi connectivity index (χ3n) is 1.69. The molecule has 0 aliphatic carbocycles. The molecule has 1 rings (SSSR count). The van der Waals surface area contributed by atoms with Crippen LogP contribution in [0.4, 0.5) is 8.78 Å². The van der Waals surface area contributed by atoms with Gasteiger partial charge in [0.1, 0.15) is 5.69 Å². The number of hydrogen-bond acceptors (Lipinski definition) is 2. The molecule has 0 saturated carbocycles. The van der Waals surface area contributed by atoms with Crippen LogP contribution in [0.3, 0.4) is 0 Å². The summed E-state index contributed by atoms with van der Waals surface area (Å²) in [5.41, 5.74) is 0.621. The average molecular weight is 308 g/mol. The Morgan fingerprint density at radius 2 is 2.29 bits per heavy atom. The Kier molecular flexibility index (Phi) is 3.75. The summed E-state index contributed by atoms with van der Waals surface area (Å²) in [5.74, 6) is 0. The first-order valence-corrected chi connectivity index (χ1v) is 4.95. The minimum atomic E-state index is -2.62. The van der Waals surface area contributed by atoms with E-state index in [0.29, 0.717) is 14.8 Å². The Morgan fingerprint density at radius 3 is 2.79 bits per heavy atom. The first-order valence-electron chi connectivity index (χ1n) is 3.87. The van der Waals surface area contributed by atoms with Gasteiger partial charge in [-0.15, -0.1) is 0 Å². The maximum Gasteiger partial charge on any atom is 0.280 e. The van der Waals surface area contributed by atoms with Crippen LogP contribution in [0.1, 0.15) is 23.4 Å². The van der Waals surface area contributed by atoms with Gasteiger partial charge in [0.15, 0.2) is 0 Å². The van der Waals surface area contributed by atoms with Crippen LogP contribution in [0.15, 0.2) is 6.07 Å². The van der Waals surface area contributed by atoms with Crippen molar-refractivity contribution < 1.29 is 8.78 Å². The van der Waals surface area contributed by atoms with Crippen molar-refractivity contribution in [2.75, 3.05) is 0 Å². The zero-order valence-corrected chi connectivity index (χ0v) is 9.55. The van der Waals surface area contributed by atoms with E-state index < -0.39 is 6.43 Å². The molecule has 0 aliphatic heterocycles. The summed E-state index contributed by atoms with van der Waals surface area (Å²) in [6.45, 7) is 1.66. The molecule has 2 nitrogen and oxygen atoms in total. The fraction of sp³-hybridized carbons (Fsp3) is 0.333. The van der Waals surface area contributed by atoms with Gasteiger partial charge in [-0.3, -0.25) is 4.98 Å². The minimum absolute atomic E-state index is 0.0226. The van der Waals surface area contributed by atoms with Crippen LogP contribution in [0, 0.1) is 21.8 Å². The Hall–Kier alpha value is -0.770. The van der Waals surface area contributed by atoms with Crippen molar-refractivity contribution in [3.8, 4) is 6.07 Å². The molecule has 0 unspecified atom stereocenters. The van der Waals surface area contributed by atoms with E-state index in [1.807, 2.05) is 28.7 Å². The Bertz CT molecular complexity index is 385. The van der Waals surface area contributed by atoms with Gasteiger partial charge in [-0.25, -0.2) is 8.78 Å². The molecule has 1 aromatic rings. The fourth-order valence-corrected chi connectivity index (χ4v) is 2.03. The largest absolute Gasteiger partial charge is 0.280 e. The van der Waals surface area contributed by atoms with Crippen molar-refractivity contribution in [3.05, 3.63) is 26.6 Å². The van der Waals surface area contributed by atoms with Gasteiger partial charge in [0.2, 0.25) is 0 Å². The second kappa shape index (κ2) is 4.64. The quantitative estimate of drug-likeness (QED) is 0.788. The molecule has 0 aromatic carbocycles. The van der Waals surface area contributed by atoms with Gasteiger partial charge in [0.25, 0.3) is 6.43 Å². The Balaban J connectivity index is 3.30. The summed E-state index contributed by atoms with van der Waals surface area (Å²) in [6.07, 6.45) is -2.64. The molecular formula is C9H7F2IN2.